The third-order valence-electron chi connectivity index (χ3n) is 5.36. The third kappa shape index (κ3) is 4.42. The van der Waals surface area contributed by atoms with E-state index < -0.39 is 5.60 Å². The maximum Gasteiger partial charge on any atom is 0.410 e. The smallest absolute Gasteiger partial charge is 0.410 e. The molecule has 0 aliphatic carbocycles. The van der Waals surface area contributed by atoms with Crippen molar-refractivity contribution in [2.24, 2.45) is 0 Å². The van der Waals surface area contributed by atoms with E-state index in [1.807, 2.05) is 32.6 Å². The molecule has 1 fully saturated rings. The quantitative estimate of drug-likeness (QED) is 0.736. The summed E-state index contributed by atoms with van der Waals surface area (Å²) in [6, 6.07) is 6.55. The molecule has 0 N–H and O–H groups in total. The number of ether oxygens (including phenoxy) is 2. The number of aryl methyl sites for hydroxylation is 1. The highest BCUT2D eigenvalue weighted by Crippen LogP contribution is 2.44. The number of hydrogen-bond donors (Lipinski definition) is 0. The second-order valence-electron chi connectivity index (χ2n) is 8.74. The van der Waals surface area contributed by atoms with Crippen molar-refractivity contribution in [3.05, 3.63) is 29.3 Å². The summed E-state index contributed by atoms with van der Waals surface area (Å²) >= 11 is 0. The van der Waals surface area contributed by atoms with Gasteiger partial charge in [-0.1, -0.05) is 17.7 Å². The number of carbonyl (C=O) groups is 2. The van der Waals surface area contributed by atoms with Crippen molar-refractivity contribution in [1.29, 1.82) is 0 Å². The SMILES string of the molecule is CCOC(=O)CN1c2ccc(C)cc2[C@H]2CN(C(=O)OC(C)(C)C)CCC[C@H]21. The van der Waals surface area contributed by atoms with Gasteiger partial charge in [0.15, 0.2) is 0 Å². The number of hydrogen-bond acceptors (Lipinski definition) is 5. The van der Waals surface area contributed by atoms with E-state index in [9.17, 15) is 9.59 Å². The van der Waals surface area contributed by atoms with Crippen LogP contribution in [0.2, 0.25) is 0 Å². The van der Waals surface area contributed by atoms with E-state index in [-0.39, 0.29) is 30.6 Å². The number of rotatable bonds is 3. The Morgan fingerprint density at radius 3 is 2.68 bits per heavy atom. The highest BCUT2D eigenvalue weighted by molar-refractivity contribution is 5.78. The molecule has 1 aromatic rings. The van der Waals surface area contributed by atoms with Gasteiger partial charge in [-0.2, -0.15) is 0 Å². The maximum atomic E-state index is 12.7. The van der Waals surface area contributed by atoms with Crippen molar-refractivity contribution in [2.75, 3.05) is 31.1 Å². The molecule has 2 atom stereocenters. The van der Waals surface area contributed by atoms with E-state index >= 15 is 0 Å². The summed E-state index contributed by atoms with van der Waals surface area (Å²) in [6.45, 7) is 11.5. The predicted molar refractivity (Wildman–Crippen MR) is 109 cm³/mol. The highest BCUT2D eigenvalue weighted by Gasteiger charge is 2.42. The van der Waals surface area contributed by atoms with Gasteiger partial charge in [0.05, 0.1) is 6.61 Å². The van der Waals surface area contributed by atoms with Crippen molar-refractivity contribution in [3.8, 4) is 0 Å². The largest absolute Gasteiger partial charge is 0.465 e. The molecule has 0 saturated carbocycles. The van der Waals surface area contributed by atoms with Gasteiger partial charge in [-0.3, -0.25) is 4.79 Å². The lowest BCUT2D eigenvalue weighted by Gasteiger charge is -2.30. The summed E-state index contributed by atoms with van der Waals surface area (Å²) in [5, 5.41) is 0. The van der Waals surface area contributed by atoms with Crippen LogP contribution in [0.3, 0.4) is 0 Å². The number of benzene rings is 1. The number of likely N-dealkylation sites (tertiary alicyclic amines) is 1. The number of nitrogens with zero attached hydrogens (tertiary/aromatic N) is 2. The van der Waals surface area contributed by atoms with Crippen LogP contribution in [-0.2, 0) is 14.3 Å². The molecule has 2 heterocycles. The average molecular weight is 389 g/mol. The minimum atomic E-state index is -0.511. The van der Waals surface area contributed by atoms with Crippen LogP contribution < -0.4 is 4.90 Å². The van der Waals surface area contributed by atoms with Crippen molar-refractivity contribution in [2.45, 2.75) is 65.0 Å². The number of amides is 1. The molecular weight excluding hydrogens is 356 g/mol. The first-order chi connectivity index (χ1) is 13.2. The van der Waals surface area contributed by atoms with E-state index in [0.717, 1.165) is 18.5 Å². The van der Waals surface area contributed by atoms with Crippen LogP contribution in [0.1, 0.15) is 57.6 Å². The molecule has 0 unspecified atom stereocenters. The Bertz CT molecular complexity index is 741. The molecule has 6 nitrogen and oxygen atoms in total. The van der Waals surface area contributed by atoms with Crippen LogP contribution >= 0.6 is 0 Å². The second-order valence-corrected chi connectivity index (χ2v) is 8.74. The molecular formula is C22H32N2O4. The number of esters is 1. The fourth-order valence-electron chi connectivity index (χ4n) is 4.27. The van der Waals surface area contributed by atoms with Gasteiger partial charge in [-0.05, 0) is 59.1 Å². The zero-order valence-corrected chi connectivity index (χ0v) is 17.7. The zero-order chi connectivity index (χ0) is 20.5. The van der Waals surface area contributed by atoms with E-state index in [0.29, 0.717) is 19.7 Å². The lowest BCUT2D eigenvalue weighted by Crippen LogP contribution is -2.41. The van der Waals surface area contributed by atoms with Gasteiger partial charge in [0.1, 0.15) is 12.1 Å². The molecule has 28 heavy (non-hydrogen) atoms. The van der Waals surface area contributed by atoms with E-state index in [4.69, 9.17) is 9.47 Å². The van der Waals surface area contributed by atoms with Crippen molar-refractivity contribution < 1.29 is 19.1 Å². The van der Waals surface area contributed by atoms with E-state index in [1.54, 1.807) is 0 Å². The normalized spacial score (nSPS) is 21.6. The van der Waals surface area contributed by atoms with Gasteiger partial charge in [0, 0.05) is 30.7 Å². The second kappa shape index (κ2) is 8.02. The fourth-order valence-corrected chi connectivity index (χ4v) is 4.27. The van der Waals surface area contributed by atoms with Crippen molar-refractivity contribution in [1.82, 2.24) is 4.90 Å². The van der Waals surface area contributed by atoms with Crippen LogP contribution in [0.25, 0.3) is 0 Å². The van der Waals surface area contributed by atoms with Crippen LogP contribution in [0.5, 0.6) is 0 Å². The Kier molecular flexibility index (Phi) is 5.87. The molecule has 2 aliphatic rings. The first-order valence-electron chi connectivity index (χ1n) is 10.2. The Morgan fingerprint density at radius 1 is 1.25 bits per heavy atom. The van der Waals surface area contributed by atoms with Crippen molar-refractivity contribution >= 4 is 17.7 Å². The lowest BCUT2D eigenvalue weighted by atomic mass is 9.92. The summed E-state index contributed by atoms with van der Waals surface area (Å²) in [5.41, 5.74) is 2.97. The molecule has 0 spiro atoms. The Morgan fingerprint density at radius 2 is 2.00 bits per heavy atom. The van der Waals surface area contributed by atoms with Gasteiger partial charge in [0.25, 0.3) is 0 Å². The highest BCUT2D eigenvalue weighted by atomic mass is 16.6. The first-order valence-corrected chi connectivity index (χ1v) is 10.2. The number of anilines is 1. The minimum Gasteiger partial charge on any atom is -0.465 e. The predicted octanol–water partition coefficient (Wildman–Crippen LogP) is 3.86. The monoisotopic (exact) mass is 388 g/mol. The number of carbonyl (C=O) groups excluding carboxylic acids is 2. The van der Waals surface area contributed by atoms with Gasteiger partial charge in [-0.15, -0.1) is 0 Å². The molecule has 1 aromatic carbocycles. The maximum absolute atomic E-state index is 12.7. The first kappa shape index (κ1) is 20.5. The molecule has 0 bridgehead atoms. The fraction of sp³-hybridized carbons (Fsp3) is 0.636. The molecule has 154 valence electrons. The van der Waals surface area contributed by atoms with Crippen LogP contribution in [-0.4, -0.2) is 54.8 Å². The van der Waals surface area contributed by atoms with Gasteiger partial charge < -0.3 is 19.3 Å². The molecule has 1 amide bonds. The molecule has 3 rings (SSSR count). The minimum absolute atomic E-state index is 0.166. The number of fused-ring (bicyclic) bond motifs is 3. The standard InChI is InChI=1S/C22H32N2O4/c1-6-27-20(25)14-24-18-8-7-11-23(21(26)28-22(3,4)5)13-17(18)16-12-15(2)9-10-19(16)24/h9-10,12,17-18H,6-8,11,13-14H2,1-5H3/t17-,18-/m1/s1. The topological polar surface area (TPSA) is 59.1 Å². The Balaban J connectivity index is 1.87. The van der Waals surface area contributed by atoms with Crippen LogP contribution in [0.4, 0.5) is 10.5 Å². The van der Waals surface area contributed by atoms with E-state index in [1.165, 1.54) is 11.1 Å². The van der Waals surface area contributed by atoms with Gasteiger partial charge in [0.2, 0.25) is 0 Å². The Hall–Kier alpha value is -2.24. The Labute approximate surface area is 167 Å². The lowest BCUT2D eigenvalue weighted by molar-refractivity contribution is -0.141. The summed E-state index contributed by atoms with van der Waals surface area (Å²) in [7, 11) is 0. The summed E-state index contributed by atoms with van der Waals surface area (Å²) in [6.07, 6.45) is 1.55. The molecule has 6 heteroatoms. The van der Waals surface area contributed by atoms with Crippen molar-refractivity contribution in [3.63, 3.8) is 0 Å². The third-order valence-corrected chi connectivity index (χ3v) is 5.36. The summed E-state index contributed by atoms with van der Waals surface area (Å²) in [5.74, 6) is -0.0396. The average Bonchev–Trinajstić information content (AvgIpc) is 2.75. The summed E-state index contributed by atoms with van der Waals surface area (Å²) in [4.78, 5) is 28.9. The molecule has 2 aliphatic heterocycles. The molecule has 0 aromatic heterocycles. The van der Waals surface area contributed by atoms with Crippen LogP contribution in [0, 0.1) is 6.92 Å². The van der Waals surface area contributed by atoms with E-state index in [2.05, 4.69) is 30.0 Å². The van der Waals surface area contributed by atoms with Crippen LogP contribution in [0.15, 0.2) is 18.2 Å². The van der Waals surface area contributed by atoms with Gasteiger partial charge >= 0.3 is 12.1 Å². The molecule has 1 saturated heterocycles. The van der Waals surface area contributed by atoms with Gasteiger partial charge in [-0.25, -0.2) is 4.79 Å². The molecule has 0 radical (unpaired) electrons. The zero-order valence-electron chi connectivity index (χ0n) is 17.7. The summed E-state index contributed by atoms with van der Waals surface area (Å²) < 4.78 is 10.8.